The summed E-state index contributed by atoms with van der Waals surface area (Å²) in [6, 6.07) is 5.17. The number of nitrogens with zero attached hydrogens (tertiary/aromatic N) is 2. The fourth-order valence-electron chi connectivity index (χ4n) is 3.99. The zero-order chi connectivity index (χ0) is 20.4. The Morgan fingerprint density at radius 1 is 1.14 bits per heavy atom. The maximum Gasteiger partial charge on any atom is 0.416 e. The van der Waals surface area contributed by atoms with E-state index in [1.165, 1.54) is 23.9 Å². The second-order valence-electron chi connectivity index (χ2n) is 7.56. The number of halogens is 3. The quantitative estimate of drug-likeness (QED) is 0.519. The van der Waals surface area contributed by atoms with Gasteiger partial charge in [0.25, 0.3) is 0 Å². The molecule has 0 amide bonds. The van der Waals surface area contributed by atoms with E-state index in [1.807, 2.05) is 0 Å². The van der Waals surface area contributed by atoms with Crippen molar-refractivity contribution in [3.63, 3.8) is 0 Å². The Hall–Kier alpha value is -1.80. The monoisotopic (exact) mass is 424 g/mol. The molecule has 1 aliphatic carbocycles. The molecule has 1 fully saturated rings. The van der Waals surface area contributed by atoms with E-state index in [1.54, 1.807) is 4.57 Å². The predicted octanol–water partition coefficient (Wildman–Crippen LogP) is 4.61. The van der Waals surface area contributed by atoms with Crippen LogP contribution in [0.25, 0.3) is 0 Å². The van der Waals surface area contributed by atoms with Crippen LogP contribution in [0.4, 0.5) is 13.2 Å². The van der Waals surface area contributed by atoms with Crippen LogP contribution >= 0.6 is 11.8 Å². The van der Waals surface area contributed by atoms with E-state index in [4.69, 9.17) is 4.74 Å². The van der Waals surface area contributed by atoms with Crippen LogP contribution in [0.5, 0.6) is 0 Å². The van der Waals surface area contributed by atoms with E-state index < -0.39 is 11.7 Å². The van der Waals surface area contributed by atoms with Crippen LogP contribution in [-0.4, -0.2) is 22.3 Å². The molecular weight excluding hydrogens is 401 g/mol. The normalized spacial score (nSPS) is 19.3. The molecule has 1 aromatic carbocycles. The molecule has 1 saturated heterocycles. The van der Waals surface area contributed by atoms with Crippen molar-refractivity contribution in [3.8, 4) is 0 Å². The highest BCUT2D eigenvalue weighted by Gasteiger charge is 2.30. The molecule has 0 bridgehead atoms. The van der Waals surface area contributed by atoms with Crippen molar-refractivity contribution in [3.05, 3.63) is 57.1 Å². The van der Waals surface area contributed by atoms with Gasteiger partial charge in [0.2, 0.25) is 0 Å². The average Bonchev–Trinajstić information content (AvgIpc) is 3.22. The summed E-state index contributed by atoms with van der Waals surface area (Å²) in [6.07, 6.45) is 1.57. The van der Waals surface area contributed by atoms with Gasteiger partial charge < -0.3 is 4.74 Å². The summed E-state index contributed by atoms with van der Waals surface area (Å²) >= 11 is 1.43. The van der Waals surface area contributed by atoms with E-state index in [2.05, 4.69) is 4.98 Å². The summed E-state index contributed by atoms with van der Waals surface area (Å²) in [7, 11) is 0. The van der Waals surface area contributed by atoms with Gasteiger partial charge in [-0.1, -0.05) is 12.1 Å². The Morgan fingerprint density at radius 3 is 2.59 bits per heavy atom. The third kappa shape index (κ3) is 4.69. The minimum absolute atomic E-state index is 0.0752. The van der Waals surface area contributed by atoms with E-state index in [0.29, 0.717) is 17.3 Å². The number of alkyl halides is 3. The van der Waals surface area contributed by atoms with E-state index in [0.717, 1.165) is 74.1 Å². The number of fused-ring (bicyclic) bond motifs is 1. The molecule has 2 aliphatic rings. The minimum Gasteiger partial charge on any atom is -0.376 e. The second kappa shape index (κ2) is 8.52. The lowest BCUT2D eigenvalue weighted by molar-refractivity contribution is -0.137. The number of aromatic nitrogens is 2. The fraction of sp³-hybridized carbons (Fsp3) is 0.524. The van der Waals surface area contributed by atoms with Gasteiger partial charge in [-0.15, -0.1) is 11.8 Å². The summed E-state index contributed by atoms with van der Waals surface area (Å²) in [5.41, 5.74) is 2.04. The van der Waals surface area contributed by atoms with E-state index in [-0.39, 0.29) is 11.8 Å². The van der Waals surface area contributed by atoms with Gasteiger partial charge >= 0.3 is 11.9 Å². The first-order chi connectivity index (χ1) is 13.9. The molecule has 4 rings (SSSR count). The van der Waals surface area contributed by atoms with Gasteiger partial charge in [-0.05, 0) is 56.2 Å². The molecule has 8 heteroatoms. The lowest BCUT2D eigenvalue weighted by Crippen LogP contribution is -2.33. The molecule has 1 aromatic heterocycles. The largest absolute Gasteiger partial charge is 0.416 e. The molecule has 2 heterocycles. The molecule has 0 radical (unpaired) electrons. The van der Waals surface area contributed by atoms with E-state index in [9.17, 15) is 18.0 Å². The Labute approximate surface area is 171 Å². The summed E-state index contributed by atoms with van der Waals surface area (Å²) in [5, 5.41) is 0.716. The molecule has 1 atom stereocenters. The van der Waals surface area contributed by atoms with Crippen LogP contribution in [-0.2, 0) is 36.1 Å². The van der Waals surface area contributed by atoms with Gasteiger partial charge in [0.05, 0.1) is 18.2 Å². The SMILES string of the molecule is O=c1nc(SCc2ccc(C(F)(F)F)cc2)c2c(n1C[C@@H]1CCCO1)CCCC2. The lowest BCUT2D eigenvalue weighted by Gasteiger charge is -2.24. The number of benzene rings is 1. The molecule has 4 nitrogen and oxygen atoms in total. The van der Waals surface area contributed by atoms with Crippen molar-refractivity contribution < 1.29 is 17.9 Å². The van der Waals surface area contributed by atoms with Gasteiger partial charge in [0, 0.05) is 23.6 Å². The summed E-state index contributed by atoms with van der Waals surface area (Å²) < 4.78 is 45.7. The van der Waals surface area contributed by atoms with Crippen molar-refractivity contribution in [2.45, 2.75) is 68.1 Å². The summed E-state index contributed by atoms with van der Waals surface area (Å²) in [4.78, 5) is 17.1. The number of hydrogen-bond donors (Lipinski definition) is 0. The molecule has 0 saturated carbocycles. The van der Waals surface area contributed by atoms with Gasteiger partial charge in [-0.25, -0.2) is 4.79 Å². The molecular formula is C21H23F3N2O2S. The third-order valence-corrected chi connectivity index (χ3v) is 6.61. The van der Waals surface area contributed by atoms with Crippen molar-refractivity contribution >= 4 is 11.8 Å². The van der Waals surface area contributed by atoms with Crippen molar-refractivity contribution in [2.75, 3.05) is 6.61 Å². The van der Waals surface area contributed by atoms with Gasteiger partial charge in [-0.3, -0.25) is 4.57 Å². The topological polar surface area (TPSA) is 44.1 Å². The Morgan fingerprint density at radius 2 is 1.90 bits per heavy atom. The van der Waals surface area contributed by atoms with Crippen LogP contribution in [0.15, 0.2) is 34.1 Å². The number of rotatable bonds is 5. The maximum absolute atomic E-state index is 12.7. The number of thioether (sulfide) groups is 1. The zero-order valence-corrected chi connectivity index (χ0v) is 16.8. The molecule has 0 N–H and O–H groups in total. The highest BCUT2D eigenvalue weighted by molar-refractivity contribution is 7.98. The first-order valence-corrected chi connectivity index (χ1v) is 10.9. The molecule has 0 spiro atoms. The Balaban J connectivity index is 1.54. The van der Waals surface area contributed by atoms with Crippen molar-refractivity contribution in [1.29, 1.82) is 0 Å². The average molecular weight is 424 g/mol. The molecule has 29 heavy (non-hydrogen) atoms. The maximum atomic E-state index is 12.7. The second-order valence-corrected chi connectivity index (χ2v) is 8.52. The Kier molecular flexibility index (Phi) is 6.01. The van der Waals surface area contributed by atoms with Crippen LogP contribution in [0.2, 0.25) is 0 Å². The minimum atomic E-state index is -4.33. The highest BCUT2D eigenvalue weighted by atomic mass is 32.2. The number of hydrogen-bond acceptors (Lipinski definition) is 4. The Bertz CT molecular complexity index is 919. The molecule has 0 unspecified atom stereocenters. The summed E-state index contributed by atoms with van der Waals surface area (Å²) in [6.45, 7) is 1.30. The standard InChI is InChI=1S/C21H23F3N2O2S/c22-21(23,24)15-9-7-14(8-10-15)13-29-19-17-5-1-2-6-18(17)26(20(27)25-19)12-16-4-3-11-28-16/h7-10,16H,1-6,11-13H2/t16-/m0/s1. The molecule has 2 aromatic rings. The van der Waals surface area contributed by atoms with Gasteiger partial charge in [0.15, 0.2) is 0 Å². The van der Waals surface area contributed by atoms with Crippen LogP contribution in [0, 0.1) is 0 Å². The van der Waals surface area contributed by atoms with Crippen molar-refractivity contribution in [1.82, 2.24) is 9.55 Å². The van der Waals surface area contributed by atoms with E-state index >= 15 is 0 Å². The van der Waals surface area contributed by atoms with Gasteiger partial charge in [0.1, 0.15) is 5.03 Å². The highest BCUT2D eigenvalue weighted by Crippen LogP contribution is 2.32. The number of ether oxygens (including phenoxy) is 1. The summed E-state index contributed by atoms with van der Waals surface area (Å²) in [5.74, 6) is 0.479. The molecule has 156 valence electrons. The lowest BCUT2D eigenvalue weighted by atomic mass is 9.97. The van der Waals surface area contributed by atoms with Gasteiger partial charge in [-0.2, -0.15) is 18.2 Å². The molecule has 1 aliphatic heterocycles. The fourth-order valence-corrected chi connectivity index (χ4v) is 5.02. The smallest absolute Gasteiger partial charge is 0.376 e. The first kappa shape index (κ1) is 20.5. The zero-order valence-electron chi connectivity index (χ0n) is 16.0. The van der Waals surface area contributed by atoms with Crippen LogP contribution in [0.3, 0.4) is 0 Å². The van der Waals surface area contributed by atoms with Crippen LogP contribution < -0.4 is 5.69 Å². The third-order valence-electron chi connectivity index (χ3n) is 5.52. The predicted molar refractivity (Wildman–Crippen MR) is 105 cm³/mol. The van der Waals surface area contributed by atoms with Crippen molar-refractivity contribution in [2.24, 2.45) is 0 Å². The van der Waals surface area contributed by atoms with Crippen LogP contribution in [0.1, 0.15) is 48.1 Å². The first-order valence-electron chi connectivity index (χ1n) is 9.95.